The van der Waals surface area contributed by atoms with Gasteiger partial charge in [-0.3, -0.25) is 14.5 Å². The van der Waals surface area contributed by atoms with Gasteiger partial charge in [-0.2, -0.15) is 0 Å². The number of nitrogens with zero attached hydrogens (tertiary/aromatic N) is 3. The van der Waals surface area contributed by atoms with Crippen molar-refractivity contribution < 1.29 is 42.8 Å². The Kier molecular flexibility index (Phi) is 10.4. The summed E-state index contributed by atoms with van der Waals surface area (Å²) in [5.74, 6) is -1.75. The average molecular weight is 818 g/mol. The SMILES string of the molecule is CC[C@@]1(O)C(=O)OCc2c1cc1n(c2=O)Cc2c-1nc1cc(F)c(C)cc1c2CN1CCO[C@H](COCNC(=O)CNC(=O)OCC2c3ccccc3-c3ccccc32)C1. The fourth-order valence-corrected chi connectivity index (χ4v) is 8.91. The highest BCUT2D eigenvalue weighted by molar-refractivity contribution is 5.90. The van der Waals surface area contributed by atoms with Gasteiger partial charge >= 0.3 is 12.1 Å². The molecule has 3 N–H and O–H groups in total. The Morgan fingerprint density at radius 3 is 2.52 bits per heavy atom. The summed E-state index contributed by atoms with van der Waals surface area (Å²) in [7, 11) is 0. The second-order valence-corrected chi connectivity index (χ2v) is 15.7. The van der Waals surface area contributed by atoms with Crippen molar-refractivity contribution in [1.29, 1.82) is 0 Å². The minimum absolute atomic E-state index is 0.0185. The van der Waals surface area contributed by atoms with Gasteiger partial charge in [0.25, 0.3) is 5.56 Å². The smallest absolute Gasteiger partial charge is 0.407 e. The first-order valence-electron chi connectivity index (χ1n) is 20.1. The predicted octanol–water partition coefficient (Wildman–Crippen LogP) is 4.36. The number of ether oxygens (including phenoxy) is 4. The van der Waals surface area contributed by atoms with Crippen molar-refractivity contribution in [2.45, 2.75) is 57.6 Å². The van der Waals surface area contributed by atoms with Gasteiger partial charge in [0, 0.05) is 48.1 Å². The average Bonchev–Trinajstić information content (AvgIpc) is 3.79. The highest BCUT2D eigenvalue weighted by atomic mass is 19.1. The number of alkyl carbamates (subject to hydrolysis) is 1. The molecule has 60 heavy (non-hydrogen) atoms. The molecule has 3 aromatic carbocycles. The second kappa shape index (κ2) is 15.9. The lowest BCUT2D eigenvalue weighted by atomic mass is 9.86. The van der Waals surface area contributed by atoms with Crippen molar-refractivity contribution in [2.24, 2.45) is 0 Å². The number of morpholine rings is 1. The van der Waals surface area contributed by atoms with E-state index in [0.29, 0.717) is 48.7 Å². The van der Waals surface area contributed by atoms with Crippen LogP contribution in [0, 0.1) is 12.7 Å². The van der Waals surface area contributed by atoms with E-state index in [1.54, 1.807) is 30.5 Å². The maximum atomic E-state index is 15.0. The number of aromatic nitrogens is 2. The van der Waals surface area contributed by atoms with E-state index < -0.39 is 29.4 Å². The summed E-state index contributed by atoms with van der Waals surface area (Å²) in [6.45, 7) is 5.18. The van der Waals surface area contributed by atoms with Gasteiger partial charge in [0.2, 0.25) is 5.91 Å². The third-order valence-electron chi connectivity index (χ3n) is 12.1. The Labute approximate surface area is 344 Å². The van der Waals surface area contributed by atoms with E-state index in [2.05, 4.69) is 27.7 Å². The molecule has 310 valence electrons. The zero-order chi connectivity index (χ0) is 41.7. The van der Waals surface area contributed by atoms with Crippen LogP contribution in [0.1, 0.15) is 58.2 Å². The van der Waals surface area contributed by atoms with Crippen LogP contribution in [0.2, 0.25) is 0 Å². The number of benzene rings is 3. The Hall–Kier alpha value is -6.00. The van der Waals surface area contributed by atoms with Crippen LogP contribution >= 0.6 is 0 Å². The zero-order valence-corrected chi connectivity index (χ0v) is 33.2. The van der Waals surface area contributed by atoms with Crippen molar-refractivity contribution >= 4 is 28.9 Å². The number of rotatable bonds is 11. The number of cyclic esters (lactones) is 1. The summed E-state index contributed by atoms with van der Waals surface area (Å²) in [6, 6.07) is 20.9. The fraction of sp³-hybridized carbons (Fsp3) is 0.356. The van der Waals surface area contributed by atoms with Gasteiger partial charge in [0.15, 0.2) is 5.60 Å². The Morgan fingerprint density at radius 2 is 1.77 bits per heavy atom. The van der Waals surface area contributed by atoms with Crippen LogP contribution in [0.15, 0.2) is 71.5 Å². The van der Waals surface area contributed by atoms with E-state index in [1.807, 2.05) is 36.4 Å². The van der Waals surface area contributed by atoms with Gasteiger partial charge in [-0.05, 0) is 58.9 Å². The quantitative estimate of drug-likeness (QED) is 0.0965. The van der Waals surface area contributed by atoms with Crippen LogP contribution in [0.25, 0.3) is 33.4 Å². The highest BCUT2D eigenvalue weighted by Crippen LogP contribution is 2.45. The van der Waals surface area contributed by atoms with Crippen LogP contribution in [-0.2, 0) is 53.8 Å². The lowest BCUT2D eigenvalue weighted by Gasteiger charge is -2.33. The van der Waals surface area contributed by atoms with Gasteiger partial charge in [-0.1, -0.05) is 55.5 Å². The number of nitrogens with one attached hydrogen (secondary N) is 2. The highest BCUT2D eigenvalue weighted by Gasteiger charge is 2.45. The molecule has 1 saturated heterocycles. The first-order chi connectivity index (χ1) is 29.0. The first kappa shape index (κ1) is 39.5. The summed E-state index contributed by atoms with van der Waals surface area (Å²) in [5.41, 5.74) is 6.04. The van der Waals surface area contributed by atoms with Crippen LogP contribution in [0.4, 0.5) is 9.18 Å². The normalized spacial score (nSPS) is 19.2. The molecule has 2 amide bonds. The van der Waals surface area contributed by atoms with Gasteiger partial charge in [0.1, 0.15) is 32.3 Å². The number of amides is 2. The number of carbonyl (C=O) groups is 3. The van der Waals surface area contributed by atoms with Crippen molar-refractivity contribution in [3.63, 3.8) is 0 Å². The summed E-state index contributed by atoms with van der Waals surface area (Å²) in [6.07, 6.45) is -1.00. The molecule has 2 aromatic heterocycles. The van der Waals surface area contributed by atoms with Crippen LogP contribution < -0.4 is 16.2 Å². The number of aliphatic hydroxyl groups is 1. The molecule has 1 fully saturated rings. The number of carbonyl (C=O) groups excluding carboxylic acids is 3. The molecular weight excluding hydrogens is 774 g/mol. The van der Waals surface area contributed by atoms with Gasteiger partial charge in [-0.25, -0.2) is 19.0 Å². The molecule has 0 bridgehead atoms. The van der Waals surface area contributed by atoms with Gasteiger partial charge in [0.05, 0.1) is 48.3 Å². The molecule has 0 radical (unpaired) electrons. The topological polar surface area (TPSA) is 171 Å². The van der Waals surface area contributed by atoms with Gasteiger partial charge in [-0.15, -0.1) is 0 Å². The van der Waals surface area contributed by atoms with E-state index >= 15 is 0 Å². The molecule has 0 unspecified atom stereocenters. The number of pyridine rings is 2. The number of hydrogen-bond donors (Lipinski definition) is 3. The Morgan fingerprint density at radius 1 is 1.02 bits per heavy atom. The minimum Gasteiger partial charge on any atom is -0.458 e. The van der Waals surface area contributed by atoms with Crippen LogP contribution in [0.5, 0.6) is 0 Å². The molecule has 15 heteroatoms. The summed E-state index contributed by atoms with van der Waals surface area (Å²) < 4.78 is 39.1. The summed E-state index contributed by atoms with van der Waals surface area (Å²) in [5, 5.41) is 17.2. The molecule has 5 aromatic rings. The number of halogens is 1. The van der Waals surface area contributed by atoms with Crippen LogP contribution in [0.3, 0.4) is 0 Å². The maximum absolute atomic E-state index is 15.0. The lowest BCUT2D eigenvalue weighted by Crippen LogP contribution is -2.45. The summed E-state index contributed by atoms with van der Waals surface area (Å²) >= 11 is 0. The molecule has 2 atom stereocenters. The number of fused-ring (bicyclic) bond motifs is 8. The van der Waals surface area contributed by atoms with E-state index in [-0.39, 0.29) is 74.8 Å². The van der Waals surface area contributed by atoms with E-state index in [4.69, 9.17) is 23.9 Å². The van der Waals surface area contributed by atoms with E-state index in [9.17, 15) is 28.7 Å². The Balaban J connectivity index is 0.812. The second-order valence-electron chi connectivity index (χ2n) is 15.7. The van der Waals surface area contributed by atoms with Crippen molar-refractivity contribution in [2.75, 3.05) is 46.2 Å². The molecule has 0 spiro atoms. The van der Waals surface area contributed by atoms with E-state index in [0.717, 1.165) is 38.8 Å². The van der Waals surface area contributed by atoms with Crippen molar-refractivity contribution in [3.8, 4) is 22.5 Å². The first-order valence-corrected chi connectivity index (χ1v) is 20.1. The zero-order valence-electron chi connectivity index (χ0n) is 33.2. The molecular formula is C45H44FN5O9. The van der Waals surface area contributed by atoms with Gasteiger partial charge < -0.3 is 39.3 Å². The van der Waals surface area contributed by atoms with E-state index in [1.165, 1.54) is 6.07 Å². The molecule has 1 aliphatic carbocycles. The fourth-order valence-electron chi connectivity index (χ4n) is 8.91. The minimum atomic E-state index is -1.97. The maximum Gasteiger partial charge on any atom is 0.407 e. The number of esters is 1. The third-order valence-corrected chi connectivity index (χ3v) is 12.1. The molecule has 9 rings (SSSR count). The number of aryl methyl sites for hydroxylation is 1. The lowest BCUT2D eigenvalue weighted by molar-refractivity contribution is -0.172. The standard InChI is InChI=1S/C45H44FN5O9/c1-3-45(56)36-15-39-41-33(20-51(39)42(53)35(36)23-59-43(45)54)32(31-14-25(2)37(46)16-38(31)49-41)19-50-12-13-58-26(18-50)21-57-24-48-40(52)17-47-44(55)60-22-34-29-10-6-4-8-27(29)28-9-5-7-11-30(28)34/h4-11,14-16,26,34,56H,3,12-13,17-24H2,1-2H3,(H,47,55)(H,48,52)/t26-,45-/m0/s1. The van der Waals surface area contributed by atoms with Crippen molar-refractivity contribution in [3.05, 3.63) is 122 Å². The number of hydrogen-bond acceptors (Lipinski definition) is 11. The third kappa shape index (κ3) is 7.00. The molecule has 14 nitrogen and oxygen atoms in total. The molecule has 3 aliphatic heterocycles. The predicted molar refractivity (Wildman–Crippen MR) is 216 cm³/mol. The van der Waals surface area contributed by atoms with Crippen LogP contribution in [-0.4, -0.2) is 89.8 Å². The molecule has 5 heterocycles. The monoisotopic (exact) mass is 817 g/mol. The van der Waals surface area contributed by atoms with Crippen molar-refractivity contribution in [1.82, 2.24) is 25.1 Å². The molecule has 0 saturated carbocycles. The molecule has 4 aliphatic rings. The summed E-state index contributed by atoms with van der Waals surface area (Å²) in [4.78, 5) is 58.7. The largest absolute Gasteiger partial charge is 0.458 e. The Bertz CT molecular complexity index is 2590.